The highest BCUT2D eigenvalue weighted by Gasteiger charge is 2.19. The Bertz CT molecular complexity index is 582. The van der Waals surface area contributed by atoms with Crippen LogP contribution in [0.4, 0.5) is 0 Å². The zero-order valence-electron chi connectivity index (χ0n) is 10.5. The van der Waals surface area contributed by atoms with Crippen LogP contribution in [0.25, 0.3) is 0 Å². The molecule has 104 valence electrons. The maximum Gasteiger partial charge on any atom is 0.254 e. The molecule has 2 aromatic carbocycles. The molecule has 0 spiro atoms. The van der Waals surface area contributed by atoms with E-state index in [9.17, 15) is 9.90 Å². The van der Waals surface area contributed by atoms with Gasteiger partial charge in [-0.05, 0) is 17.7 Å². The molecule has 0 saturated carbocycles. The van der Waals surface area contributed by atoms with Crippen LogP contribution in [0.15, 0.2) is 48.5 Å². The summed E-state index contributed by atoms with van der Waals surface area (Å²) in [5.74, 6) is -0.413. The molecule has 20 heavy (non-hydrogen) atoms. The van der Waals surface area contributed by atoms with Crippen molar-refractivity contribution in [3.05, 3.63) is 69.7 Å². The fourth-order valence-corrected chi connectivity index (χ4v) is 2.43. The van der Waals surface area contributed by atoms with E-state index >= 15 is 0 Å². The second-order valence-electron chi connectivity index (χ2n) is 4.22. The molecule has 0 radical (unpaired) electrons. The summed E-state index contributed by atoms with van der Waals surface area (Å²) in [6.45, 7) is -0.210. The monoisotopic (exact) mass is 309 g/mol. The number of aliphatic hydroxyl groups is 1. The Morgan fingerprint density at radius 1 is 1.05 bits per heavy atom. The average molecular weight is 310 g/mol. The van der Waals surface area contributed by atoms with Gasteiger partial charge in [-0.3, -0.25) is 4.79 Å². The predicted molar refractivity (Wildman–Crippen MR) is 80.2 cm³/mol. The Hall–Kier alpha value is -1.55. The third kappa shape index (κ3) is 3.31. The van der Waals surface area contributed by atoms with Crippen LogP contribution in [-0.2, 0) is 0 Å². The summed E-state index contributed by atoms with van der Waals surface area (Å²) in [6.07, 6.45) is 0. The van der Waals surface area contributed by atoms with Gasteiger partial charge in [-0.25, -0.2) is 0 Å². The third-order valence-electron chi connectivity index (χ3n) is 2.88. The normalized spacial score (nSPS) is 11.9. The number of nitrogens with one attached hydrogen (secondary N) is 1. The number of amides is 1. The van der Waals surface area contributed by atoms with Gasteiger partial charge in [0.1, 0.15) is 0 Å². The Morgan fingerprint density at radius 2 is 1.65 bits per heavy atom. The van der Waals surface area contributed by atoms with Crippen LogP contribution in [0.1, 0.15) is 22.0 Å². The number of benzene rings is 2. The quantitative estimate of drug-likeness (QED) is 0.908. The Balaban J connectivity index is 2.22. The van der Waals surface area contributed by atoms with E-state index in [4.69, 9.17) is 23.2 Å². The van der Waals surface area contributed by atoms with Crippen molar-refractivity contribution < 1.29 is 9.90 Å². The molecule has 0 unspecified atom stereocenters. The zero-order valence-corrected chi connectivity index (χ0v) is 12.0. The highest BCUT2D eigenvalue weighted by molar-refractivity contribution is 6.39. The van der Waals surface area contributed by atoms with Gasteiger partial charge in [-0.2, -0.15) is 0 Å². The van der Waals surface area contributed by atoms with E-state index in [0.29, 0.717) is 0 Å². The summed E-state index contributed by atoms with van der Waals surface area (Å²) in [5.41, 5.74) is 1.02. The van der Waals surface area contributed by atoms with Gasteiger partial charge in [0.05, 0.1) is 28.3 Å². The molecule has 0 aliphatic carbocycles. The maximum atomic E-state index is 12.2. The molecule has 2 rings (SSSR count). The lowest BCUT2D eigenvalue weighted by Crippen LogP contribution is -2.31. The van der Waals surface area contributed by atoms with Crippen LogP contribution in [0.5, 0.6) is 0 Å². The molecule has 0 aliphatic heterocycles. The lowest BCUT2D eigenvalue weighted by Gasteiger charge is -2.17. The largest absolute Gasteiger partial charge is 0.394 e. The first-order valence-corrected chi connectivity index (χ1v) is 6.79. The highest BCUT2D eigenvalue weighted by atomic mass is 35.5. The summed E-state index contributed by atoms with van der Waals surface area (Å²) < 4.78 is 0. The van der Waals surface area contributed by atoms with Gasteiger partial charge in [0, 0.05) is 0 Å². The Labute approximate surface area is 127 Å². The maximum absolute atomic E-state index is 12.2. The van der Waals surface area contributed by atoms with Crippen molar-refractivity contribution in [1.29, 1.82) is 0 Å². The number of hydrogen-bond acceptors (Lipinski definition) is 2. The van der Waals surface area contributed by atoms with Gasteiger partial charge >= 0.3 is 0 Å². The first-order valence-electron chi connectivity index (χ1n) is 6.04. The fourth-order valence-electron chi connectivity index (χ4n) is 1.86. The molecular formula is C15H13Cl2NO2. The Kier molecular flexibility index (Phi) is 5.01. The second kappa shape index (κ2) is 6.75. The van der Waals surface area contributed by atoms with Crippen molar-refractivity contribution in [2.75, 3.05) is 6.61 Å². The minimum Gasteiger partial charge on any atom is -0.394 e. The van der Waals surface area contributed by atoms with Gasteiger partial charge in [0.15, 0.2) is 0 Å². The highest BCUT2D eigenvalue weighted by Crippen LogP contribution is 2.25. The van der Waals surface area contributed by atoms with Crippen LogP contribution in [0.2, 0.25) is 10.0 Å². The van der Waals surface area contributed by atoms with Crippen molar-refractivity contribution >= 4 is 29.1 Å². The summed E-state index contributed by atoms with van der Waals surface area (Å²) in [5, 5.41) is 12.7. The lowest BCUT2D eigenvalue weighted by molar-refractivity contribution is 0.0916. The van der Waals surface area contributed by atoms with E-state index in [1.54, 1.807) is 18.2 Å². The minimum absolute atomic E-state index is 0.210. The summed E-state index contributed by atoms with van der Waals surface area (Å²) >= 11 is 12.0. The second-order valence-corrected chi connectivity index (χ2v) is 5.03. The predicted octanol–water partition coefficient (Wildman–Crippen LogP) is 3.46. The van der Waals surface area contributed by atoms with Crippen molar-refractivity contribution in [1.82, 2.24) is 5.32 Å². The smallest absolute Gasteiger partial charge is 0.254 e. The SMILES string of the molecule is O=C(N[C@@H](CO)c1ccccc1)c1c(Cl)cccc1Cl. The van der Waals surface area contributed by atoms with E-state index < -0.39 is 11.9 Å². The zero-order chi connectivity index (χ0) is 14.5. The molecule has 1 amide bonds. The van der Waals surface area contributed by atoms with Crippen LogP contribution in [-0.4, -0.2) is 17.6 Å². The number of rotatable bonds is 4. The molecule has 5 heteroatoms. The molecule has 2 aromatic rings. The van der Waals surface area contributed by atoms with E-state index in [1.807, 2.05) is 30.3 Å². The summed E-state index contributed by atoms with van der Waals surface area (Å²) in [7, 11) is 0. The van der Waals surface area contributed by atoms with Gasteiger partial charge in [-0.15, -0.1) is 0 Å². The fraction of sp³-hybridized carbons (Fsp3) is 0.133. The standard InChI is InChI=1S/C15H13Cl2NO2/c16-11-7-4-8-12(17)14(11)15(20)18-13(9-19)10-5-2-1-3-6-10/h1-8,13,19H,9H2,(H,18,20)/t13-/m0/s1. The Morgan fingerprint density at radius 3 is 2.20 bits per heavy atom. The van der Waals surface area contributed by atoms with E-state index in [0.717, 1.165) is 5.56 Å². The molecule has 0 aromatic heterocycles. The molecule has 0 aliphatic rings. The van der Waals surface area contributed by atoms with Crippen molar-refractivity contribution in [3.63, 3.8) is 0 Å². The van der Waals surface area contributed by atoms with Gasteiger partial charge < -0.3 is 10.4 Å². The van der Waals surface area contributed by atoms with Crippen LogP contribution in [0, 0.1) is 0 Å². The van der Waals surface area contributed by atoms with E-state index in [1.165, 1.54) is 0 Å². The van der Waals surface area contributed by atoms with Crippen molar-refractivity contribution in [2.45, 2.75) is 6.04 Å². The van der Waals surface area contributed by atoms with Crippen LogP contribution < -0.4 is 5.32 Å². The minimum atomic E-state index is -0.504. The topological polar surface area (TPSA) is 49.3 Å². The molecule has 3 nitrogen and oxygen atoms in total. The first kappa shape index (κ1) is 14.9. The molecule has 1 atom stereocenters. The van der Waals surface area contributed by atoms with E-state index in [2.05, 4.69) is 5.32 Å². The van der Waals surface area contributed by atoms with E-state index in [-0.39, 0.29) is 22.2 Å². The number of carbonyl (C=O) groups is 1. The van der Waals surface area contributed by atoms with Gasteiger partial charge in [0.25, 0.3) is 5.91 Å². The molecule has 0 saturated heterocycles. The number of carbonyl (C=O) groups excluding carboxylic acids is 1. The number of aliphatic hydroxyl groups excluding tert-OH is 1. The molecular weight excluding hydrogens is 297 g/mol. The molecule has 0 heterocycles. The summed E-state index contributed by atoms with van der Waals surface area (Å²) in [6, 6.07) is 13.6. The molecule has 0 fully saturated rings. The molecule has 2 N–H and O–H groups in total. The average Bonchev–Trinajstić information content (AvgIpc) is 2.45. The van der Waals surface area contributed by atoms with Crippen molar-refractivity contribution in [2.24, 2.45) is 0 Å². The van der Waals surface area contributed by atoms with Gasteiger partial charge in [-0.1, -0.05) is 59.6 Å². The number of hydrogen-bond donors (Lipinski definition) is 2. The number of halogens is 2. The lowest BCUT2D eigenvalue weighted by atomic mass is 10.1. The first-order chi connectivity index (χ1) is 9.63. The molecule has 0 bridgehead atoms. The van der Waals surface area contributed by atoms with Gasteiger partial charge in [0.2, 0.25) is 0 Å². The van der Waals surface area contributed by atoms with Crippen LogP contribution >= 0.6 is 23.2 Å². The van der Waals surface area contributed by atoms with Crippen LogP contribution in [0.3, 0.4) is 0 Å². The van der Waals surface area contributed by atoms with Crippen molar-refractivity contribution in [3.8, 4) is 0 Å². The third-order valence-corrected chi connectivity index (χ3v) is 3.51. The summed E-state index contributed by atoms with van der Waals surface area (Å²) in [4.78, 5) is 12.2.